The Morgan fingerprint density at radius 3 is 2.21 bits per heavy atom. The molecule has 2 aromatic carbocycles. The first kappa shape index (κ1) is 17.7. The van der Waals surface area contributed by atoms with E-state index in [9.17, 15) is 13.2 Å². The summed E-state index contributed by atoms with van der Waals surface area (Å²) in [4.78, 5) is 12.4. The Balaban J connectivity index is 2.21. The second-order valence-corrected chi connectivity index (χ2v) is 7.12. The molecule has 0 radical (unpaired) electrons. The Labute approximate surface area is 141 Å². The van der Waals surface area contributed by atoms with Gasteiger partial charge in [-0.05, 0) is 48.6 Å². The fourth-order valence-electron chi connectivity index (χ4n) is 2.08. The molecule has 5 nitrogen and oxygen atoms in total. The van der Waals surface area contributed by atoms with Crippen LogP contribution in [0.4, 0.5) is 0 Å². The van der Waals surface area contributed by atoms with Crippen LogP contribution < -0.4 is 9.47 Å². The summed E-state index contributed by atoms with van der Waals surface area (Å²) in [5, 5.41) is 0. The van der Waals surface area contributed by atoms with E-state index in [0.29, 0.717) is 17.1 Å². The second kappa shape index (κ2) is 7.31. The van der Waals surface area contributed by atoms with Crippen LogP contribution in [0, 0.1) is 0 Å². The molecule has 0 amide bonds. The number of rotatable bonds is 6. The number of benzene rings is 2. The van der Waals surface area contributed by atoms with Crippen LogP contribution in [0.3, 0.4) is 0 Å². The zero-order valence-corrected chi connectivity index (χ0v) is 14.5. The van der Waals surface area contributed by atoms with Crippen LogP contribution in [-0.4, -0.2) is 34.7 Å². The Morgan fingerprint density at radius 2 is 1.67 bits per heavy atom. The lowest BCUT2D eigenvalue weighted by Crippen LogP contribution is -1.99. The molecule has 24 heavy (non-hydrogen) atoms. The minimum absolute atomic E-state index is 0.180. The molecule has 0 heterocycles. The quantitative estimate of drug-likeness (QED) is 0.594. The monoisotopic (exact) mass is 346 g/mol. The van der Waals surface area contributed by atoms with Crippen molar-refractivity contribution in [3.05, 3.63) is 59.7 Å². The van der Waals surface area contributed by atoms with Gasteiger partial charge in [0.25, 0.3) is 0 Å². The Bertz CT molecular complexity index is 865. The van der Waals surface area contributed by atoms with E-state index < -0.39 is 9.84 Å². The number of methoxy groups -OCH3 is 2. The summed E-state index contributed by atoms with van der Waals surface area (Å²) in [7, 11) is -0.171. The van der Waals surface area contributed by atoms with Crippen LogP contribution >= 0.6 is 0 Å². The van der Waals surface area contributed by atoms with E-state index in [0.717, 1.165) is 11.8 Å². The molecule has 0 fully saturated rings. The number of hydrogen-bond acceptors (Lipinski definition) is 5. The molecule has 0 aromatic heterocycles. The molecule has 0 aliphatic rings. The standard InChI is InChI=1S/C18H18O5S/c1-22-15-8-4-14(18(12-15)23-2)7-11-17(19)13-5-9-16(10-6-13)24(3,20)21/h4-12H,1-3H3/b11-7+. The van der Waals surface area contributed by atoms with Crippen LogP contribution in [0.2, 0.25) is 0 Å². The number of sulfone groups is 1. The summed E-state index contributed by atoms with van der Waals surface area (Å²) in [6.07, 6.45) is 4.19. The maximum atomic E-state index is 12.2. The molecule has 0 saturated carbocycles. The van der Waals surface area contributed by atoms with Crippen molar-refractivity contribution < 1.29 is 22.7 Å². The molecule has 0 aliphatic heterocycles. The van der Waals surface area contributed by atoms with Gasteiger partial charge in [0.1, 0.15) is 11.5 Å². The van der Waals surface area contributed by atoms with Crippen molar-refractivity contribution >= 4 is 21.7 Å². The van der Waals surface area contributed by atoms with Gasteiger partial charge in [-0.3, -0.25) is 4.79 Å². The molecule has 0 aliphatic carbocycles. The number of ketones is 1. The number of allylic oxidation sites excluding steroid dienone is 1. The number of ether oxygens (including phenoxy) is 2. The molecule has 2 rings (SSSR count). The van der Waals surface area contributed by atoms with Gasteiger partial charge in [-0.2, -0.15) is 0 Å². The van der Waals surface area contributed by atoms with Crippen molar-refractivity contribution in [2.75, 3.05) is 20.5 Å². The maximum Gasteiger partial charge on any atom is 0.185 e. The molecule has 0 N–H and O–H groups in total. The van der Waals surface area contributed by atoms with E-state index >= 15 is 0 Å². The molecule has 0 saturated heterocycles. The lowest BCUT2D eigenvalue weighted by molar-refractivity contribution is 0.104. The van der Waals surface area contributed by atoms with E-state index in [2.05, 4.69) is 0 Å². The Hall–Kier alpha value is -2.60. The van der Waals surface area contributed by atoms with E-state index in [1.54, 1.807) is 31.4 Å². The minimum atomic E-state index is -3.27. The number of hydrogen-bond donors (Lipinski definition) is 0. The Morgan fingerprint density at radius 1 is 1.00 bits per heavy atom. The van der Waals surface area contributed by atoms with Crippen molar-refractivity contribution in [2.24, 2.45) is 0 Å². The zero-order chi connectivity index (χ0) is 17.7. The SMILES string of the molecule is COc1ccc(/C=C/C(=O)c2ccc(S(C)(=O)=O)cc2)c(OC)c1. The average molecular weight is 346 g/mol. The summed E-state index contributed by atoms with van der Waals surface area (Å²) in [5.41, 5.74) is 1.14. The fraction of sp³-hybridized carbons (Fsp3) is 0.167. The van der Waals surface area contributed by atoms with E-state index in [1.807, 2.05) is 0 Å². The highest BCUT2D eigenvalue weighted by Gasteiger charge is 2.09. The van der Waals surface area contributed by atoms with Gasteiger partial charge in [0.2, 0.25) is 0 Å². The summed E-state index contributed by atoms with van der Waals surface area (Å²) < 4.78 is 33.2. The van der Waals surface area contributed by atoms with Gasteiger partial charge in [0.05, 0.1) is 19.1 Å². The summed E-state index contributed by atoms with van der Waals surface area (Å²) in [6.45, 7) is 0. The molecule has 0 bridgehead atoms. The molecule has 126 valence electrons. The molecule has 0 atom stereocenters. The van der Waals surface area contributed by atoms with Gasteiger partial charge >= 0.3 is 0 Å². The van der Waals surface area contributed by atoms with Gasteiger partial charge < -0.3 is 9.47 Å². The minimum Gasteiger partial charge on any atom is -0.497 e. The van der Waals surface area contributed by atoms with E-state index in [-0.39, 0.29) is 10.7 Å². The first-order chi connectivity index (χ1) is 11.3. The average Bonchev–Trinajstić information content (AvgIpc) is 2.58. The van der Waals surface area contributed by atoms with Crippen LogP contribution in [0.1, 0.15) is 15.9 Å². The van der Waals surface area contributed by atoms with Gasteiger partial charge in [0, 0.05) is 23.4 Å². The second-order valence-electron chi connectivity index (χ2n) is 5.10. The van der Waals surface area contributed by atoms with Crippen molar-refractivity contribution in [1.29, 1.82) is 0 Å². The third kappa shape index (κ3) is 4.23. The zero-order valence-electron chi connectivity index (χ0n) is 13.6. The predicted molar refractivity (Wildman–Crippen MR) is 92.5 cm³/mol. The normalized spacial score (nSPS) is 11.5. The van der Waals surface area contributed by atoms with Crippen molar-refractivity contribution in [3.8, 4) is 11.5 Å². The summed E-state index contributed by atoms with van der Waals surface area (Å²) in [5.74, 6) is 1.02. The molecule has 0 unspecified atom stereocenters. The number of carbonyl (C=O) groups excluding carboxylic acids is 1. The van der Waals surface area contributed by atoms with Crippen LogP contribution in [-0.2, 0) is 9.84 Å². The lowest BCUT2D eigenvalue weighted by Gasteiger charge is -2.07. The highest BCUT2D eigenvalue weighted by molar-refractivity contribution is 7.90. The van der Waals surface area contributed by atoms with Gasteiger partial charge in [-0.25, -0.2) is 8.42 Å². The lowest BCUT2D eigenvalue weighted by atomic mass is 10.1. The van der Waals surface area contributed by atoms with E-state index in [4.69, 9.17) is 9.47 Å². The number of carbonyl (C=O) groups is 1. The van der Waals surface area contributed by atoms with Crippen LogP contribution in [0.25, 0.3) is 6.08 Å². The van der Waals surface area contributed by atoms with Crippen molar-refractivity contribution in [3.63, 3.8) is 0 Å². The fourth-order valence-corrected chi connectivity index (χ4v) is 2.71. The molecular formula is C18H18O5S. The summed E-state index contributed by atoms with van der Waals surface area (Å²) in [6, 6.07) is 11.1. The van der Waals surface area contributed by atoms with Gasteiger partial charge in [-0.15, -0.1) is 0 Å². The first-order valence-corrected chi connectivity index (χ1v) is 8.99. The molecular weight excluding hydrogens is 328 g/mol. The third-order valence-electron chi connectivity index (χ3n) is 3.42. The highest BCUT2D eigenvalue weighted by Crippen LogP contribution is 2.25. The van der Waals surface area contributed by atoms with Crippen molar-refractivity contribution in [1.82, 2.24) is 0 Å². The van der Waals surface area contributed by atoms with Crippen LogP contribution in [0.5, 0.6) is 11.5 Å². The Kier molecular flexibility index (Phi) is 5.41. The molecule has 6 heteroatoms. The van der Waals surface area contributed by atoms with Crippen molar-refractivity contribution in [2.45, 2.75) is 4.90 Å². The third-order valence-corrected chi connectivity index (χ3v) is 4.55. The summed E-state index contributed by atoms with van der Waals surface area (Å²) >= 11 is 0. The highest BCUT2D eigenvalue weighted by atomic mass is 32.2. The smallest absolute Gasteiger partial charge is 0.185 e. The van der Waals surface area contributed by atoms with E-state index in [1.165, 1.54) is 37.5 Å². The predicted octanol–water partition coefficient (Wildman–Crippen LogP) is 3.00. The van der Waals surface area contributed by atoms with Crippen LogP contribution in [0.15, 0.2) is 53.4 Å². The van der Waals surface area contributed by atoms with Gasteiger partial charge in [0.15, 0.2) is 15.6 Å². The molecule has 0 spiro atoms. The maximum absolute atomic E-state index is 12.2. The van der Waals surface area contributed by atoms with Gasteiger partial charge in [-0.1, -0.05) is 0 Å². The topological polar surface area (TPSA) is 69.7 Å². The molecule has 2 aromatic rings. The first-order valence-electron chi connectivity index (χ1n) is 7.09. The largest absolute Gasteiger partial charge is 0.497 e.